The molecule has 3 aromatic rings. The molecule has 7 heteroatoms. The van der Waals surface area contributed by atoms with E-state index >= 15 is 0 Å². The number of anilines is 1. The minimum atomic E-state index is -0.416. The molecule has 0 aliphatic rings. The molecule has 0 aliphatic heterocycles. The van der Waals surface area contributed by atoms with E-state index in [1.165, 1.54) is 12.3 Å². The van der Waals surface area contributed by atoms with E-state index < -0.39 is 5.91 Å². The number of nitrogens with zero attached hydrogens (tertiary/aromatic N) is 1. The Labute approximate surface area is 131 Å². The van der Waals surface area contributed by atoms with Gasteiger partial charge in [0, 0.05) is 17.6 Å². The summed E-state index contributed by atoms with van der Waals surface area (Å²) >= 11 is 0. The van der Waals surface area contributed by atoms with Crippen molar-refractivity contribution in [3.63, 3.8) is 0 Å². The van der Waals surface area contributed by atoms with Gasteiger partial charge < -0.3 is 15.0 Å². The van der Waals surface area contributed by atoms with Crippen LogP contribution in [0.3, 0.4) is 0 Å². The standard InChI is InChI=1S/C16H16N4O3/c1-9(2)23-14-7-13-10(8-18-20-13)6-11(14)15(21)19-12-4-3-5-17-16(12)22/h3-9H,1-2H3,(H,17,22)(H,18,20)(H,19,21). The number of aromatic amines is 2. The van der Waals surface area contributed by atoms with E-state index in [1.807, 2.05) is 13.8 Å². The molecule has 0 atom stereocenters. The number of carbonyl (C=O) groups is 1. The fourth-order valence-electron chi connectivity index (χ4n) is 2.21. The molecule has 2 heterocycles. The maximum absolute atomic E-state index is 12.6. The second kappa shape index (κ2) is 5.96. The predicted molar refractivity (Wildman–Crippen MR) is 86.9 cm³/mol. The van der Waals surface area contributed by atoms with Crippen LogP contribution in [0.1, 0.15) is 24.2 Å². The molecule has 0 unspecified atom stereocenters. The van der Waals surface area contributed by atoms with Crippen LogP contribution in [0.25, 0.3) is 10.9 Å². The van der Waals surface area contributed by atoms with E-state index in [-0.39, 0.29) is 17.4 Å². The Morgan fingerprint density at radius 3 is 2.91 bits per heavy atom. The first-order valence-electron chi connectivity index (χ1n) is 7.17. The smallest absolute Gasteiger partial charge is 0.271 e. The topological polar surface area (TPSA) is 99.9 Å². The van der Waals surface area contributed by atoms with E-state index in [0.717, 1.165) is 10.9 Å². The van der Waals surface area contributed by atoms with Crippen LogP contribution in [0, 0.1) is 0 Å². The lowest BCUT2D eigenvalue weighted by Gasteiger charge is -2.14. The Hall–Kier alpha value is -3.09. The van der Waals surface area contributed by atoms with Crippen molar-refractivity contribution in [3.8, 4) is 5.75 Å². The number of ether oxygens (including phenoxy) is 1. The number of benzene rings is 1. The summed E-state index contributed by atoms with van der Waals surface area (Å²) in [5, 5.41) is 10.2. The minimum absolute atomic E-state index is 0.0953. The summed E-state index contributed by atoms with van der Waals surface area (Å²) in [4.78, 5) is 26.8. The molecule has 0 saturated heterocycles. The fourth-order valence-corrected chi connectivity index (χ4v) is 2.21. The molecule has 0 aliphatic carbocycles. The molecule has 1 amide bonds. The average Bonchev–Trinajstić information content (AvgIpc) is 2.95. The van der Waals surface area contributed by atoms with Crippen molar-refractivity contribution < 1.29 is 9.53 Å². The van der Waals surface area contributed by atoms with E-state index in [9.17, 15) is 9.59 Å². The number of rotatable bonds is 4. The highest BCUT2D eigenvalue weighted by Crippen LogP contribution is 2.26. The largest absolute Gasteiger partial charge is 0.490 e. The summed E-state index contributed by atoms with van der Waals surface area (Å²) < 4.78 is 5.72. The quantitative estimate of drug-likeness (QED) is 0.688. The Morgan fingerprint density at radius 1 is 1.35 bits per heavy atom. The summed E-state index contributed by atoms with van der Waals surface area (Å²) in [7, 11) is 0. The molecular formula is C16H16N4O3. The van der Waals surface area contributed by atoms with Crippen LogP contribution < -0.4 is 15.6 Å². The van der Waals surface area contributed by atoms with Gasteiger partial charge in [0.2, 0.25) is 0 Å². The van der Waals surface area contributed by atoms with Crippen molar-refractivity contribution >= 4 is 22.5 Å². The van der Waals surface area contributed by atoms with Crippen LogP contribution in [-0.2, 0) is 0 Å². The summed E-state index contributed by atoms with van der Waals surface area (Å²) in [5.41, 5.74) is 0.933. The van der Waals surface area contributed by atoms with Crippen molar-refractivity contribution in [2.24, 2.45) is 0 Å². The van der Waals surface area contributed by atoms with Gasteiger partial charge in [-0.2, -0.15) is 5.10 Å². The number of carbonyl (C=O) groups excluding carboxylic acids is 1. The highest BCUT2D eigenvalue weighted by atomic mass is 16.5. The third-order valence-corrected chi connectivity index (χ3v) is 3.21. The van der Waals surface area contributed by atoms with Gasteiger partial charge in [0.1, 0.15) is 11.4 Å². The third kappa shape index (κ3) is 3.08. The van der Waals surface area contributed by atoms with Crippen LogP contribution >= 0.6 is 0 Å². The lowest BCUT2D eigenvalue weighted by molar-refractivity contribution is 0.102. The first-order chi connectivity index (χ1) is 11.0. The number of pyridine rings is 1. The Bertz CT molecular complexity index is 911. The van der Waals surface area contributed by atoms with Gasteiger partial charge in [-0.25, -0.2) is 0 Å². The molecule has 3 rings (SSSR count). The van der Waals surface area contributed by atoms with Gasteiger partial charge in [-0.3, -0.25) is 14.7 Å². The maximum Gasteiger partial charge on any atom is 0.271 e. The van der Waals surface area contributed by atoms with Gasteiger partial charge in [0.15, 0.2) is 0 Å². The van der Waals surface area contributed by atoms with Gasteiger partial charge in [-0.1, -0.05) is 0 Å². The summed E-state index contributed by atoms with van der Waals surface area (Å²) in [6, 6.07) is 6.59. The number of amides is 1. The summed E-state index contributed by atoms with van der Waals surface area (Å²) in [6.07, 6.45) is 3.03. The lowest BCUT2D eigenvalue weighted by Crippen LogP contribution is -2.20. The Balaban J connectivity index is 2.01. The maximum atomic E-state index is 12.6. The van der Waals surface area contributed by atoms with Gasteiger partial charge in [0.05, 0.1) is 23.4 Å². The van der Waals surface area contributed by atoms with Crippen molar-refractivity contribution in [2.45, 2.75) is 20.0 Å². The fraction of sp³-hybridized carbons (Fsp3) is 0.188. The average molecular weight is 312 g/mol. The molecule has 1 aromatic carbocycles. The zero-order valence-corrected chi connectivity index (χ0v) is 12.7. The second-order valence-electron chi connectivity index (χ2n) is 5.34. The predicted octanol–water partition coefficient (Wildman–Crippen LogP) is 2.29. The second-order valence-corrected chi connectivity index (χ2v) is 5.34. The lowest BCUT2D eigenvalue weighted by atomic mass is 10.1. The van der Waals surface area contributed by atoms with Crippen molar-refractivity contribution in [2.75, 3.05) is 5.32 Å². The van der Waals surface area contributed by atoms with E-state index in [0.29, 0.717) is 11.3 Å². The number of hydrogen-bond donors (Lipinski definition) is 3. The molecule has 118 valence electrons. The van der Waals surface area contributed by atoms with Crippen molar-refractivity contribution in [3.05, 3.63) is 52.6 Å². The molecule has 2 aromatic heterocycles. The van der Waals surface area contributed by atoms with E-state index in [2.05, 4.69) is 20.5 Å². The normalized spacial score (nSPS) is 10.9. The number of aromatic nitrogens is 3. The zero-order chi connectivity index (χ0) is 16.4. The van der Waals surface area contributed by atoms with Crippen LogP contribution in [0.15, 0.2) is 41.5 Å². The highest BCUT2D eigenvalue weighted by molar-refractivity contribution is 6.08. The molecule has 0 fully saturated rings. The molecule has 0 radical (unpaired) electrons. The van der Waals surface area contributed by atoms with Crippen LogP contribution in [0.2, 0.25) is 0 Å². The summed E-state index contributed by atoms with van der Waals surface area (Å²) in [5.74, 6) is 0.0158. The van der Waals surface area contributed by atoms with Gasteiger partial charge in [0.25, 0.3) is 11.5 Å². The monoisotopic (exact) mass is 312 g/mol. The van der Waals surface area contributed by atoms with Gasteiger partial charge in [-0.05, 0) is 32.0 Å². The zero-order valence-electron chi connectivity index (χ0n) is 12.7. The van der Waals surface area contributed by atoms with Crippen LogP contribution in [-0.4, -0.2) is 27.2 Å². The molecule has 23 heavy (non-hydrogen) atoms. The van der Waals surface area contributed by atoms with Gasteiger partial charge >= 0.3 is 0 Å². The van der Waals surface area contributed by atoms with E-state index in [4.69, 9.17) is 4.74 Å². The molecular weight excluding hydrogens is 296 g/mol. The molecule has 0 bridgehead atoms. The molecule has 0 spiro atoms. The Kier molecular flexibility index (Phi) is 3.84. The third-order valence-electron chi connectivity index (χ3n) is 3.21. The van der Waals surface area contributed by atoms with Crippen molar-refractivity contribution in [1.82, 2.24) is 15.2 Å². The molecule has 3 N–H and O–H groups in total. The summed E-state index contributed by atoms with van der Waals surface area (Å²) in [6.45, 7) is 3.75. The van der Waals surface area contributed by atoms with Crippen LogP contribution in [0.5, 0.6) is 5.75 Å². The first-order valence-corrected chi connectivity index (χ1v) is 7.17. The van der Waals surface area contributed by atoms with Crippen LogP contribution in [0.4, 0.5) is 5.69 Å². The highest BCUT2D eigenvalue weighted by Gasteiger charge is 2.17. The minimum Gasteiger partial charge on any atom is -0.490 e. The molecule has 7 nitrogen and oxygen atoms in total. The molecule has 0 saturated carbocycles. The van der Waals surface area contributed by atoms with Gasteiger partial charge in [-0.15, -0.1) is 0 Å². The van der Waals surface area contributed by atoms with Crippen molar-refractivity contribution in [1.29, 1.82) is 0 Å². The number of H-pyrrole nitrogens is 2. The number of fused-ring (bicyclic) bond motifs is 1. The Morgan fingerprint density at radius 2 is 2.17 bits per heavy atom. The SMILES string of the molecule is CC(C)Oc1cc2[nH]ncc2cc1C(=O)Nc1ccc[nH]c1=O. The first kappa shape index (κ1) is 14.8. The number of hydrogen-bond acceptors (Lipinski definition) is 4. The number of nitrogens with one attached hydrogen (secondary N) is 3. The van der Waals surface area contributed by atoms with E-state index in [1.54, 1.807) is 24.4 Å².